The molecular formula is C23H33N3O5S2. The van der Waals surface area contributed by atoms with Crippen LogP contribution in [0.25, 0.3) is 10.4 Å². The van der Waals surface area contributed by atoms with Crippen molar-refractivity contribution in [1.29, 1.82) is 0 Å². The number of benzene rings is 1. The summed E-state index contributed by atoms with van der Waals surface area (Å²) >= 11 is 1.49. The molecule has 1 aliphatic rings. The quantitative estimate of drug-likeness (QED) is 0.499. The topological polar surface area (TPSA) is 118 Å². The van der Waals surface area contributed by atoms with E-state index in [1.165, 1.54) is 11.3 Å². The number of nitrogens with one attached hydrogen (secondary N) is 2. The van der Waals surface area contributed by atoms with Gasteiger partial charge in [-0.05, 0) is 72.4 Å². The Balaban J connectivity index is 1.90. The van der Waals surface area contributed by atoms with E-state index in [2.05, 4.69) is 15.0 Å². The minimum absolute atomic E-state index is 0.0214. The van der Waals surface area contributed by atoms with E-state index in [9.17, 15) is 13.2 Å². The summed E-state index contributed by atoms with van der Waals surface area (Å²) in [5.41, 5.74) is -0.0419. The minimum Gasteiger partial charge on any atom is -0.491 e. The lowest BCUT2D eigenvalue weighted by Gasteiger charge is -2.27. The SMILES string of the molecule is CC(C)Oc1ccc(-c2cnc([C@H]3CC[C@H](NC(=O)O)CC3)s2)c(S(=O)(=O)NC(C)(C)C)c1. The number of nitrogens with zero attached hydrogens (tertiary/aromatic N) is 1. The molecule has 0 bridgehead atoms. The van der Waals surface area contributed by atoms with Crippen LogP contribution in [0.4, 0.5) is 4.79 Å². The molecule has 1 amide bonds. The molecule has 33 heavy (non-hydrogen) atoms. The third-order valence-electron chi connectivity index (χ3n) is 5.25. The fourth-order valence-electron chi connectivity index (χ4n) is 3.99. The molecule has 1 aromatic carbocycles. The Morgan fingerprint density at radius 3 is 2.45 bits per heavy atom. The van der Waals surface area contributed by atoms with E-state index in [1.54, 1.807) is 45.2 Å². The molecule has 0 saturated heterocycles. The summed E-state index contributed by atoms with van der Waals surface area (Å²) in [4.78, 5) is 16.4. The standard InChI is InChI=1S/C23H33N3O5S2/c1-14(2)31-17-10-11-18(20(12-17)33(29,30)26-23(3,4)5)19-13-24-21(32-19)15-6-8-16(9-7-15)25-22(27)28/h10-16,25-26H,6-9H2,1-5H3,(H,27,28)/t15-,16-. The Morgan fingerprint density at radius 1 is 1.21 bits per heavy atom. The molecule has 0 unspecified atom stereocenters. The van der Waals surface area contributed by atoms with Crippen molar-refractivity contribution in [2.45, 2.75) is 88.8 Å². The maximum atomic E-state index is 13.3. The molecule has 3 rings (SSSR count). The van der Waals surface area contributed by atoms with Gasteiger partial charge in [-0.2, -0.15) is 0 Å². The third kappa shape index (κ3) is 6.91. The van der Waals surface area contributed by atoms with Crippen LogP contribution in [0.5, 0.6) is 5.75 Å². The lowest BCUT2D eigenvalue weighted by Crippen LogP contribution is -2.40. The van der Waals surface area contributed by atoms with Gasteiger partial charge in [0.15, 0.2) is 0 Å². The van der Waals surface area contributed by atoms with Crippen molar-refractivity contribution in [3.8, 4) is 16.2 Å². The number of carbonyl (C=O) groups is 1. The van der Waals surface area contributed by atoms with Gasteiger partial charge in [-0.1, -0.05) is 0 Å². The largest absolute Gasteiger partial charge is 0.491 e. The van der Waals surface area contributed by atoms with Gasteiger partial charge < -0.3 is 15.2 Å². The molecule has 182 valence electrons. The van der Waals surface area contributed by atoms with Crippen LogP contribution in [0.3, 0.4) is 0 Å². The first-order chi connectivity index (χ1) is 15.3. The Labute approximate surface area is 199 Å². The van der Waals surface area contributed by atoms with Gasteiger partial charge in [0.25, 0.3) is 0 Å². The zero-order valence-corrected chi connectivity index (χ0v) is 21.3. The molecule has 1 saturated carbocycles. The summed E-state index contributed by atoms with van der Waals surface area (Å²) in [6.07, 6.45) is 3.88. The number of carboxylic acid groups (broad SMARTS) is 1. The minimum atomic E-state index is -3.80. The maximum absolute atomic E-state index is 13.3. The van der Waals surface area contributed by atoms with Crippen LogP contribution in [0.15, 0.2) is 29.3 Å². The molecule has 8 nitrogen and oxygen atoms in total. The first kappa shape index (κ1) is 25.5. The van der Waals surface area contributed by atoms with Crippen molar-refractivity contribution in [2.24, 2.45) is 0 Å². The van der Waals surface area contributed by atoms with Gasteiger partial charge in [-0.25, -0.2) is 22.9 Å². The first-order valence-corrected chi connectivity index (χ1v) is 13.4. The fraction of sp³-hybridized carbons (Fsp3) is 0.565. The molecule has 1 aromatic heterocycles. The second kappa shape index (κ2) is 9.99. The van der Waals surface area contributed by atoms with Crippen LogP contribution in [-0.2, 0) is 10.0 Å². The summed E-state index contributed by atoms with van der Waals surface area (Å²) in [5, 5.41) is 12.4. The number of aromatic nitrogens is 1. The zero-order valence-electron chi connectivity index (χ0n) is 19.7. The lowest BCUT2D eigenvalue weighted by atomic mass is 9.86. The lowest BCUT2D eigenvalue weighted by molar-refractivity contribution is 0.185. The second-order valence-electron chi connectivity index (χ2n) is 9.74. The van der Waals surface area contributed by atoms with Crippen molar-refractivity contribution < 1.29 is 23.1 Å². The molecule has 0 atom stereocenters. The highest BCUT2D eigenvalue weighted by molar-refractivity contribution is 7.89. The van der Waals surface area contributed by atoms with Crippen LogP contribution < -0.4 is 14.8 Å². The monoisotopic (exact) mass is 495 g/mol. The molecule has 1 aliphatic carbocycles. The molecule has 0 aliphatic heterocycles. The number of thiazole rings is 1. The Morgan fingerprint density at radius 2 is 1.88 bits per heavy atom. The number of amides is 1. The molecule has 0 spiro atoms. The van der Waals surface area contributed by atoms with Gasteiger partial charge in [0.05, 0.1) is 20.9 Å². The highest BCUT2D eigenvalue weighted by Gasteiger charge is 2.29. The molecule has 0 radical (unpaired) electrons. The number of rotatable bonds is 7. The number of hydrogen-bond donors (Lipinski definition) is 3. The van der Waals surface area contributed by atoms with E-state index in [4.69, 9.17) is 9.84 Å². The Kier molecular flexibility index (Phi) is 7.70. The van der Waals surface area contributed by atoms with Crippen LogP contribution in [0, 0.1) is 0 Å². The molecule has 10 heteroatoms. The number of ether oxygens (including phenoxy) is 1. The van der Waals surface area contributed by atoms with Gasteiger partial charge in [0.2, 0.25) is 10.0 Å². The Bertz CT molecular complexity index is 1080. The summed E-state index contributed by atoms with van der Waals surface area (Å²) in [6, 6.07) is 5.12. The highest BCUT2D eigenvalue weighted by atomic mass is 32.2. The smallest absolute Gasteiger partial charge is 0.404 e. The molecule has 2 aromatic rings. The second-order valence-corrected chi connectivity index (χ2v) is 12.5. The van der Waals surface area contributed by atoms with Crippen molar-refractivity contribution >= 4 is 27.5 Å². The first-order valence-electron chi connectivity index (χ1n) is 11.1. The van der Waals surface area contributed by atoms with Gasteiger partial charge in [0.1, 0.15) is 5.75 Å². The molecule has 1 heterocycles. The van der Waals surface area contributed by atoms with E-state index >= 15 is 0 Å². The van der Waals surface area contributed by atoms with E-state index in [0.29, 0.717) is 11.3 Å². The van der Waals surface area contributed by atoms with Gasteiger partial charge in [-0.3, -0.25) is 0 Å². The molecule has 3 N–H and O–H groups in total. The van der Waals surface area contributed by atoms with Crippen LogP contribution in [-0.4, -0.2) is 42.3 Å². The van der Waals surface area contributed by atoms with E-state index in [0.717, 1.165) is 35.6 Å². The van der Waals surface area contributed by atoms with Crippen LogP contribution in [0.2, 0.25) is 0 Å². The van der Waals surface area contributed by atoms with Gasteiger partial charge >= 0.3 is 6.09 Å². The van der Waals surface area contributed by atoms with Crippen molar-refractivity contribution in [3.63, 3.8) is 0 Å². The van der Waals surface area contributed by atoms with Gasteiger partial charge in [-0.15, -0.1) is 11.3 Å². The van der Waals surface area contributed by atoms with E-state index in [-0.39, 0.29) is 23.0 Å². The molecular weight excluding hydrogens is 462 g/mol. The zero-order chi connectivity index (χ0) is 24.4. The predicted molar refractivity (Wildman–Crippen MR) is 130 cm³/mol. The normalized spacial score (nSPS) is 19.5. The summed E-state index contributed by atoms with van der Waals surface area (Å²) in [5.74, 6) is 0.740. The number of hydrogen-bond acceptors (Lipinski definition) is 6. The number of sulfonamides is 1. The van der Waals surface area contributed by atoms with Crippen molar-refractivity contribution in [1.82, 2.24) is 15.0 Å². The Hall–Kier alpha value is -2.17. The fourth-order valence-corrected chi connectivity index (χ4v) is 6.84. The van der Waals surface area contributed by atoms with Gasteiger partial charge in [0, 0.05) is 35.3 Å². The van der Waals surface area contributed by atoms with Crippen LogP contribution >= 0.6 is 11.3 Å². The predicted octanol–water partition coefficient (Wildman–Crippen LogP) is 4.97. The van der Waals surface area contributed by atoms with Crippen LogP contribution in [0.1, 0.15) is 71.2 Å². The average Bonchev–Trinajstić information content (AvgIpc) is 3.16. The van der Waals surface area contributed by atoms with Crippen molar-refractivity contribution in [2.75, 3.05) is 0 Å². The summed E-state index contributed by atoms with van der Waals surface area (Å²) < 4.78 is 35.0. The maximum Gasteiger partial charge on any atom is 0.404 e. The van der Waals surface area contributed by atoms with Crippen molar-refractivity contribution in [3.05, 3.63) is 29.4 Å². The highest BCUT2D eigenvalue weighted by Crippen LogP contribution is 2.40. The average molecular weight is 496 g/mol. The van der Waals surface area contributed by atoms with E-state index in [1.807, 2.05) is 13.8 Å². The molecule has 1 fully saturated rings. The third-order valence-corrected chi connectivity index (χ3v) is 8.24. The summed E-state index contributed by atoms with van der Waals surface area (Å²) in [6.45, 7) is 9.20. The summed E-state index contributed by atoms with van der Waals surface area (Å²) in [7, 11) is -3.80. The van der Waals surface area contributed by atoms with E-state index < -0.39 is 21.7 Å².